The first-order valence-electron chi connectivity index (χ1n) is 7.17. The molecular formula is C19H15NOS. The highest BCUT2D eigenvalue weighted by molar-refractivity contribution is 7.24. The average molecular weight is 305 g/mol. The lowest BCUT2D eigenvalue weighted by molar-refractivity contribution is 0.420. The summed E-state index contributed by atoms with van der Waals surface area (Å²) >= 11 is 1.74. The minimum Gasteiger partial charge on any atom is -0.495 e. The van der Waals surface area contributed by atoms with Crippen LogP contribution in [0.5, 0.6) is 5.75 Å². The number of hydrogen-bond acceptors (Lipinski definition) is 2. The topological polar surface area (TPSA) is 25.0 Å². The molecule has 1 N–H and O–H groups in total. The quantitative estimate of drug-likeness (QED) is 0.481. The first-order valence-corrected chi connectivity index (χ1v) is 7.99. The maximum Gasteiger partial charge on any atom is 0.138 e. The Morgan fingerprint density at radius 1 is 0.773 bits per heavy atom. The van der Waals surface area contributed by atoms with Gasteiger partial charge in [-0.25, -0.2) is 0 Å². The molecule has 0 radical (unpaired) electrons. The van der Waals surface area contributed by atoms with Gasteiger partial charge in [0.2, 0.25) is 0 Å². The zero-order valence-electron chi connectivity index (χ0n) is 12.2. The van der Waals surface area contributed by atoms with Gasteiger partial charge in [-0.2, -0.15) is 0 Å². The number of rotatable bonds is 1. The number of H-pyrrole nitrogens is 1. The largest absolute Gasteiger partial charge is 0.495 e. The van der Waals surface area contributed by atoms with Gasteiger partial charge >= 0.3 is 0 Å². The number of para-hydroxylation sites is 1. The van der Waals surface area contributed by atoms with E-state index in [-0.39, 0.29) is 0 Å². The summed E-state index contributed by atoms with van der Waals surface area (Å²) in [7, 11) is 1.72. The molecule has 3 heteroatoms. The summed E-state index contributed by atoms with van der Waals surface area (Å²) in [6, 6.07) is 23.0. The number of ether oxygens (including phenoxy) is 1. The van der Waals surface area contributed by atoms with Crippen molar-refractivity contribution in [3.63, 3.8) is 0 Å². The van der Waals surface area contributed by atoms with Crippen LogP contribution in [0.25, 0.3) is 31.2 Å². The van der Waals surface area contributed by atoms with Crippen LogP contribution in [-0.4, -0.2) is 12.1 Å². The van der Waals surface area contributed by atoms with Gasteiger partial charge in [0, 0.05) is 21.0 Å². The van der Waals surface area contributed by atoms with Crippen molar-refractivity contribution in [3.05, 3.63) is 66.7 Å². The van der Waals surface area contributed by atoms with E-state index in [1.165, 1.54) is 15.5 Å². The molecule has 0 saturated heterocycles. The molecule has 0 saturated carbocycles. The number of benzene rings is 3. The third kappa shape index (κ3) is 2.11. The van der Waals surface area contributed by atoms with E-state index in [2.05, 4.69) is 59.6 Å². The van der Waals surface area contributed by atoms with Crippen LogP contribution in [0, 0.1) is 0 Å². The molecule has 0 amide bonds. The van der Waals surface area contributed by atoms with E-state index in [9.17, 15) is 0 Å². The predicted octanol–water partition coefficient (Wildman–Crippen LogP) is 5.67. The average Bonchev–Trinajstić information content (AvgIpc) is 2.55. The second kappa shape index (κ2) is 5.35. The van der Waals surface area contributed by atoms with Crippen molar-refractivity contribution in [1.29, 1.82) is 0 Å². The van der Waals surface area contributed by atoms with Crippen LogP contribution in [0.4, 0.5) is 0 Å². The molecule has 0 spiro atoms. The Bertz CT molecular complexity index is 1030. The SMILES string of the molecule is COc1cccc2[nH]c3ccccc3c3ccccc3sc12. The summed E-state index contributed by atoms with van der Waals surface area (Å²) < 4.78 is 7.91. The van der Waals surface area contributed by atoms with Gasteiger partial charge in [-0.3, -0.25) is 0 Å². The molecule has 2 nitrogen and oxygen atoms in total. The van der Waals surface area contributed by atoms with Crippen LogP contribution in [0.3, 0.4) is 0 Å². The summed E-state index contributed by atoms with van der Waals surface area (Å²) in [6.07, 6.45) is 0. The molecular weight excluding hydrogens is 290 g/mol. The maximum atomic E-state index is 5.55. The minimum atomic E-state index is 0.893. The molecule has 0 fully saturated rings. The Labute approximate surface area is 132 Å². The van der Waals surface area contributed by atoms with E-state index in [0.717, 1.165) is 21.5 Å². The van der Waals surface area contributed by atoms with Crippen LogP contribution in [0.15, 0.2) is 66.7 Å². The summed E-state index contributed by atoms with van der Waals surface area (Å²) in [5, 5.41) is 2.46. The molecule has 22 heavy (non-hydrogen) atoms. The lowest BCUT2D eigenvalue weighted by Gasteiger charge is -2.06. The van der Waals surface area contributed by atoms with Gasteiger partial charge in [0.1, 0.15) is 5.75 Å². The summed E-state index contributed by atoms with van der Waals surface area (Å²) in [5.41, 5.74) is 2.19. The van der Waals surface area contributed by atoms with Gasteiger partial charge in [-0.05, 0) is 24.3 Å². The third-order valence-corrected chi connectivity index (χ3v) is 4.99. The molecule has 4 aromatic rings. The Hall–Kier alpha value is -2.52. The number of fused-ring (bicyclic) bond motifs is 4. The zero-order valence-corrected chi connectivity index (χ0v) is 13.0. The van der Waals surface area contributed by atoms with E-state index < -0.39 is 0 Å². The highest BCUT2D eigenvalue weighted by Crippen LogP contribution is 2.33. The molecule has 0 bridgehead atoms. The molecule has 3 aromatic carbocycles. The predicted molar refractivity (Wildman–Crippen MR) is 95.4 cm³/mol. The number of aromatic amines is 1. The van der Waals surface area contributed by atoms with Crippen LogP contribution in [0.2, 0.25) is 0 Å². The standard InChI is InChI=1S/C19H15NOS/c1-21-17-11-6-10-16-19(17)22-18-12-5-3-8-14(18)13-7-2-4-9-15(13)20-16/h2-12,20H,1H3. The van der Waals surface area contributed by atoms with Crippen molar-refractivity contribution in [2.75, 3.05) is 7.11 Å². The van der Waals surface area contributed by atoms with E-state index in [1.54, 1.807) is 18.4 Å². The zero-order chi connectivity index (χ0) is 14.9. The monoisotopic (exact) mass is 305 g/mol. The van der Waals surface area contributed by atoms with Crippen molar-refractivity contribution in [2.45, 2.75) is 0 Å². The van der Waals surface area contributed by atoms with Crippen molar-refractivity contribution in [3.8, 4) is 5.75 Å². The lowest BCUT2D eigenvalue weighted by atomic mass is 10.1. The van der Waals surface area contributed by atoms with Crippen molar-refractivity contribution >= 4 is 42.5 Å². The van der Waals surface area contributed by atoms with E-state index in [4.69, 9.17) is 4.74 Å². The van der Waals surface area contributed by atoms with Crippen molar-refractivity contribution < 1.29 is 4.74 Å². The molecule has 108 valence electrons. The van der Waals surface area contributed by atoms with Crippen molar-refractivity contribution in [1.82, 2.24) is 4.98 Å². The summed E-state index contributed by atoms with van der Waals surface area (Å²) in [4.78, 5) is 3.56. The number of aromatic nitrogens is 1. The number of methoxy groups -OCH3 is 1. The molecule has 0 aliphatic carbocycles. The van der Waals surface area contributed by atoms with Gasteiger partial charge in [0.25, 0.3) is 0 Å². The number of hydrogen-bond donors (Lipinski definition) is 1. The molecule has 1 aromatic heterocycles. The third-order valence-electron chi connectivity index (χ3n) is 3.78. The maximum absolute atomic E-state index is 5.55. The van der Waals surface area contributed by atoms with Crippen LogP contribution in [-0.2, 0) is 0 Å². The van der Waals surface area contributed by atoms with E-state index in [0.29, 0.717) is 0 Å². The fraction of sp³-hybridized carbons (Fsp3) is 0.0526. The Balaban J connectivity index is 2.34. The van der Waals surface area contributed by atoms with Crippen LogP contribution < -0.4 is 4.74 Å². The Morgan fingerprint density at radius 2 is 1.50 bits per heavy atom. The molecule has 0 aliphatic rings. The van der Waals surface area contributed by atoms with Gasteiger partial charge in [0.05, 0.1) is 17.3 Å². The molecule has 0 unspecified atom stereocenters. The molecule has 4 rings (SSSR count). The van der Waals surface area contributed by atoms with Gasteiger partial charge in [-0.15, -0.1) is 11.3 Å². The van der Waals surface area contributed by atoms with Gasteiger partial charge < -0.3 is 9.72 Å². The highest BCUT2D eigenvalue weighted by Gasteiger charge is 2.04. The molecule has 0 aliphatic heterocycles. The van der Waals surface area contributed by atoms with E-state index in [1.807, 2.05) is 12.1 Å². The first kappa shape index (κ1) is 13.2. The second-order valence-electron chi connectivity index (χ2n) is 5.11. The smallest absolute Gasteiger partial charge is 0.138 e. The van der Waals surface area contributed by atoms with Crippen LogP contribution in [0.1, 0.15) is 0 Å². The van der Waals surface area contributed by atoms with Gasteiger partial charge in [0.15, 0.2) is 0 Å². The van der Waals surface area contributed by atoms with E-state index >= 15 is 0 Å². The summed E-state index contributed by atoms with van der Waals surface area (Å²) in [5.74, 6) is 0.893. The fourth-order valence-corrected chi connectivity index (χ4v) is 3.88. The summed E-state index contributed by atoms with van der Waals surface area (Å²) in [6.45, 7) is 0. The Kier molecular flexibility index (Phi) is 3.20. The minimum absolute atomic E-state index is 0.893. The lowest BCUT2D eigenvalue weighted by Crippen LogP contribution is -1.85. The first-order chi connectivity index (χ1) is 10.9. The molecule has 0 atom stereocenters. The second-order valence-corrected chi connectivity index (χ2v) is 6.16. The normalized spacial score (nSPS) is 11.0. The number of nitrogens with one attached hydrogen (secondary N) is 1. The Morgan fingerprint density at radius 3 is 2.36 bits per heavy atom. The highest BCUT2D eigenvalue weighted by atomic mass is 32.1. The van der Waals surface area contributed by atoms with Gasteiger partial charge in [-0.1, -0.05) is 42.5 Å². The fourth-order valence-electron chi connectivity index (χ4n) is 2.74. The molecule has 1 heterocycles. The van der Waals surface area contributed by atoms with Crippen molar-refractivity contribution in [2.24, 2.45) is 0 Å². The van der Waals surface area contributed by atoms with Crippen LogP contribution >= 0.6 is 11.3 Å².